The Balaban J connectivity index is 1.62. The highest BCUT2D eigenvalue weighted by molar-refractivity contribution is 5.95. The van der Waals surface area contributed by atoms with Crippen LogP contribution in [0.15, 0.2) is 24.3 Å². The van der Waals surface area contributed by atoms with Crippen LogP contribution >= 0.6 is 0 Å². The number of carbonyl (C=O) groups is 1. The van der Waals surface area contributed by atoms with Crippen LogP contribution in [0.25, 0.3) is 0 Å². The van der Waals surface area contributed by atoms with Crippen molar-refractivity contribution in [2.24, 2.45) is 5.92 Å². The predicted molar refractivity (Wildman–Crippen MR) is 99.4 cm³/mol. The summed E-state index contributed by atoms with van der Waals surface area (Å²) in [7, 11) is 2.17. The van der Waals surface area contributed by atoms with Gasteiger partial charge >= 0.3 is 0 Å². The lowest BCUT2D eigenvalue weighted by atomic mass is 9.92. The van der Waals surface area contributed by atoms with Crippen LogP contribution in [0.4, 0.5) is 11.4 Å². The Hall–Kier alpha value is -1.59. The lowest BCUT2D eigenvalue weighted by Crippen LogP contribution is -2.40. The molecule has 1 aromatic rings. The highest BCUT2D eigenvalue weighted by Crippen LogP contribution is 2.26. The Bertz CT molecular complexity index is 554. The molecule has 0 saturated carbocycles. The van der Waals surface area contributed by atoms with E-state index in [4.69, 9.17) is 0 Å². The number of hydrogen-bond donors (Lipinski definition) is 3. The second-order valence-corrected chi connectivity index (χ2v) is 7.33. The van der Waals surface area contributed by atoms with Gasteiger partial charge in [0.25, 0.3) is 0 Å². The van der Waals surface area contributed by atoms with E-state index in [0.29, 0.717) is 12.1 Å². The molecule has 0 unspecified atom stereocenters. The fourth-order valence-electron chi connectivity index (χ4n) is 3.70. The van der Waals surface area contributed by atoms with Gasteiger partial charge in [0.15, 0.2) is 0 Å². The van der Waals surface area contributed by atoms with E-state index in [9.17, 15) is 4.79 Å². The summed E-state index contributed by atoms with van der Waals surface area (Å²) in [5, 5.41) is 10.2. The summed E-state index contributed by atoms with van der Waals surface area (Å²) in [5.74, 6) is 0.263. The molecule has 2 aliphatic heterocycles. The SMILES string of the molecule is C[C@H]1C[C@@H](C(=O)Nc2ccccc2NC2CCN(C)CC2)CCN1. The van der Waals surface area contributed by atoms with Crippen LogP contribution in [0.5, 0.6) is 0 Å². The predicted octanol–water partition coefficient (Wildman–Crippen LogP) is 2.52. The number of para-hydroxylation sites is 2. The van der Waals surface area contributed by atoms with Crippen LogP contribution in [-0.4, -0.2) is 49.6 Å². The van der Waals surface area contributed by atoms with Crippen LogP contribution in [0.1, 0.15) is 32.6 Å². The van der Waals surface area contributed by atoms with Gasteiger partial charge < -0.3 is 20.9 Å². The number of piperidine rings is 2. The summed E-state index contributed by atoms with van der Waals surface area (Å²) in [6, 6.07) is 8.99. The third-order valence-corrected chi connectivity index (χ3v) is 5.26. The molecule has 3 rings (SSSR count). The van der Waals surface area contributed by atoms with Crippen molar-refractivity contribution in [1.82, 2.24) is 10.2 Å². The van der Waals surface area contributed by atoms with Gasteiger partial charge in [-0.2, -0.15) is 0 Å². The van der Waals surface area contributed by atoms with Crippen molar-refractivity contribution >= 4 is 17.3 Å². The molecule has 0 aliphatic carbocycles. The summed E-state index contributed by atoms with van der Waals surface area (Å²) in [6.07, 6.45) is 4.12. The molecule has 1 amide bonds. The molecule has 0 spiro atoms. The Morgan fingerprint density at radius 1 is 1.17 bits per heavy atom. The van der Waals surface area contributed by atoms with Gasteiger partial charge in [-0.1, -0.05) is 12.1 Å². The smallest absolute Gasteiger partial charge is 0.227 e. The van der Waals surface area contributed by atoms with Crippen LogP contribution < -0.4 is 16.0 Å². The average molecular weight is 330 g/mol. The minimum absolute atomic E-state index is 0.109. The quantitative estimate of drug-likeness (QED) is 0.794. The summed E-state index contributed by atoms with van der Waals surface area (Å²) in [6.45, 7) is 5.32. The van der Waals surface area contributed by atoms with Gasteiger partial charge in [-0.25, -0.2) is 0 Å². The van der Waals surface area contributed by atoms with Gasteiger partial charge in [0.05, 0.1) is 11.4 Å². The highest BCUT2D eigenvalue weighted by Gasteiger charge is 2.25. The first-order chi connectivity index (χ1) is 11.6. The molecule has 0 bridgehead atoms. The number of benzene rings is 1. The molecule has 132 valence electrons. The fourth-order valence-corrected chi connectivity index (χ4v) is 3.70. The molecule has 24 heavy (non-hydrogen) atoms. The van der Waals surface area contributed by atoms with Gasteiger partial charge in [-0.15, -0.1) is 0 Å². The minimum Gasteiger partial charge on any atom is -0.381 e. The van der Waals surface area contributed by atoms with Crippen molar-refractivity contribution in [3.63, 3.8) is 0 Å². The van der Waals surface area contributed by atoms with Crippen molar-refractivity contribution in [2.75, 3.05) is 37.3 Å². The Kier molecular flexibility index (Phi) is 5.74. The largest absolute Gasteiger partial charge is 0.381 e. The number of likely N-dealkylation sites (tertiary alicyclic amines) is 1. The molecule has 1 aromatic carbocycles. The van der Waals surface area contributed by atoms with Crippen molar-refractivity contribution in [3.8, 4) is 0 Å². The molecular formula is C19H30N4O. The summed E-state index contributed by atoms with van der Waals surface area (Å²) < 4.78 is 0. The van der Waals surface area contributed by atoms with Gasteiger partial charge in [-0.05, 0) is 71.4 Å². The topological polar surface area (TPSA) is 56.4 Å². The van der Waals surface area contributed by atoms with Crippen LogP contribution in [0, 0.1) is 5.92 Å². The fraction of sp³-hybridized carbons (Fsp3) is 0.632. The number of nitrogens with zero attached hydrogens (tertiary/aromatic N) is 1. The van der Waals surface area contributed by atoms with Crippen molar-refractivity contribution in [1.29, 1.82) is 0 Å². The number of rotatable bonds is 4. The summed E-state index contributed by atoms with van der Waals surface area (Å²) in [4.78, 5) is 15.0. The molecule has 5 heteroatoms. The Morgan fingerprint density at radius 3 is 2.58 bits per heavy atom. The zero-order valence-corrected chi connectivity index (χ0v) is 14.8. The van der Waals surface area contributed by atoms with Crippen LogP contribution in [0.3, 0.4) is 0 Å². The second-order valence-electron chi connectivity index (χ2n) is 7.33. The highest BCUT2D eigenvalue weighted by atomic mass is 16.1. The molecule has 2 atom stereocenters. The Morgan fingerprint density at radius 2 is 1.88 bits per heavy atom. The lowest BCUT2D eigenvalue weighted by molar-refractivity contribution is -0.120. The first kappa shape index (κ1) is 17.2. The van der Waals surface area contributed by atoms with Crippen molar-refractivity contribution in [2.45, 2.75) is 44.7 Å². The van der Waals surface area contributed by atoms with Crippen molar-refractivity contribution in [3.05, 3.63) is 24.3 Å². The average Bonchev–Trinajstić information content (AvgIpc) is 2.58. The maximum Gasteiger partial charge on any atom is 0.227 e. The lowest BCUT2D eigenvalue weighted by Gasteiger charge is -2.31. The van der Waals surface area contributed by atoms with E-state index >= 15 is 0 Å². The van der Waals surface area contributed by atoms with Crippen LogP contribution in [-0.2, 0) is 4.79 Å². The van der Waals surface area contributed by atoms with E-state index < -0.39 is 0 Å². The number of nitrogens with one attached hydrogen (secondary N) is 3. The maximum atomic E-state index is 12.6. The molecular weight excluding hydrogens is 300 g/mol. The van der Waals surface area contributed by atoms with E-state index in [1.165, 1.54) is 0 Å². The monoisotopic (exact) mass is 330 g/mol. The maximum absolute atomic E-state index is 12.6. The number of carbonyl (C=O) groups excluding carboxylic acids is 1. The van der Waals surface area contributed by atoms with Gasteiger partial charge in [-0.3, -0.25) is 4.79 Å². The first-order valence-electron chi connectivity index (χ1n) is 9.20. The number of anilines is 2. The van der Waals surface area contributed by atoms with E-state index in [0.717, 1.165) is 56.7 Å². The molecule has 3 N–H and O–H groups in total. The van der Waals surface area contributed by atoms with E-state index in [-0.39, 0.29) is 11.8 Å². The number of amides is 1. The van der Waals surface area contributed by atoms with E-state index in [1.807, 2.05) is 18.2 Å². The molecule has 0 radical (unpaired) electrons. The standard InChI is InChI=1S/C19H30N4O/c1-14-13-15(7-10-20-14)19(24)22-18-6-4-3-5-17(18)21-16-8-11-23(2)12-9-16/h3-6,14-16,20-21H,7-13H2,1-2H3,(H,22,24)/t14-,15-/m0/s1. The molecule has 2 fully saturated rings. The molecule has 5 nitrogen and oxygen atoms in total. The zero-order valence-electron chi connectivity index (χ0n) is 14.8. The molecule has 2 heterocycles. The normalized spacial score (nSPS) is 26.1. The first-order valence-corrected chi connectivity index (χ1v) is 9.20. The number of hydrogen-bond acceptors (Lipinski definition) is 4. The third kappa shape index (κ3) is 4.48. The van der Waals surface area contributed by atoms with Crippen LogP contribution in [0.2, 0.25) is 0 Å². The summed E-state index contributed by atoms with van der Waals surface area (Å²) in [5.41, 5.74) is 1.95. The van der Waals surface area contributed by atoms with Gasteiger partial charge in [0.2, 0.25) is 5.91 Å². The summed E-state index contributed by atoms with van der Waals surface area (Å²) >= 11 is 0. The zero-order chi connectivity index (χ0) is 16.9. The van der Waals surface area contributed by atoms with Gasteiger partial charge in [0.1, 0.15) is 0 Å². The van der Waals surface area contributed by atoms with Gasteiger partial charge in [0, 0.05) is 18.0 Å². The Labute approximate surface area is 145 Å². The minimum atomic E-state index is 0.109. The molecule has 0 aromatic heterocycles. The van der Waals surface area contributed by atoms with Crippen molar-refractivity contribution < 1.29 is 4.79 Å². The van der Waals surface area contributed by atoms with E-state index in [2.05, 4.69) is 40.9 Å². The van der Waals surface area contributed by atoms with E-state index in [1.54, 1.807) is 0 Å². The second kappa shape index (κ2) is 7.99. The molecule has 2 aliphatic rings. The third-order valence-electron chi connectivity index (χ3n) is 5.26. The molecule has 2 saturated heterocycles.